The molecule has 0 spiro atoms. The molecule has 0 radical (unpaired) electrons. The van der Waals surface area contributed by atoms with Crippen LogP contribution in [-0.4, -0.2) is 27.8 Å². The van der Waals surface area contributed by atoms with Crippen LogP contribution in [0.3, 0.4) is 0 Å². The van der Waals surface area contributed by atoms with Gasteiger partial charge >= 0.3 is 0 Å². The Morgan fingerprint density at radius 3 is 2.08 bits per heavy atom. The normalized spacial score (nSPS) is 15.5. The second-order valence-electron chi connectivity index (χ2n) is 4.31. The molecule has 0 aromatic rings. The fourth-order valence-electron chi connectivity index (χ4n) is 0.981. The van der Waals surface area contributed by atoms with Gasteiger partial charge in [0.05, 0.1) is 5.60 Å². The highest BCUT2D eigenvalue weighted by molar-refractivity contribution is 7.43. The summed E-state index contributed by atoms with van der Waals surface area (Å²) in [4.78, 5) is 9.78. The van der Waals surface area contributed by atoms with Crippen molar-refractivity contribution in [2.45, 2.75) is 53.2 Å². The third-order valence-electron chi connectivity index (χ3n) is 1.50. The first-order valence-electron chi connectivity index (χ1n) is 4.72. The predicted octanol–water partition coefficient (Wildman–Crippen LogP) is 2.75. The number of hydrogen-bond donors (Lipinski definition) is 1. The molecule has 0 aromatic carbocycles. The van der Waals surface area contributed by atoms with E-state index in [0.29, 0.717) is 6.04 Å². The second-order valence-corrected chi connectivity index (χ2v) is 5.51. The lowest BCUT2D eigenvalue weighted by molar-refractivity contribution is 0.109. The summed E-state index contributed by atoms with van der Waals surface area (Å²) in [5.41, 5.74) is -0.275. The minimum Gasteiger partial charge on any atom is -0.338 e. The van der Waals surface area contributed by atoms with Crippen LogP contribution in [0.4, 0.5) is 0 Å². The van der Waals surface area contributed by atoms with E-state index in [0.717, 1.165) is 6.54 Å². The van der Waals surface area contributed by atoms with E-state index in [1.54, 1.807) is 0 Å². The molecule has 1 atom stereocenters. The van der Waals surface area contributed by atoms with Crippen molar-refractivity contribution >= 4 is 8.53 Å². The van der Waals surface area contributed by atoms with Crippen LogP contribution >= 0.6 is 8.53 Å². The first-order valence-corrected chi connectivity index (χ1v) is 5.89. The molecule has 0 fully saturated rings. The summed E-state index contributed by atoms with van der Waals surface area (Å²) in [6, 6.07) is 0.323. The zero-order valence-corrected chi connectivity index (χ0v) is 10.4. The molecule has 0 amide bonds. The lowest BCUT2D eigenvalue weighted by Crippen LogP contribution is -2.29. The summed E-state index contributed by atoms with van der Waals surface area (Å²) in [6.45, 7) is 12.8. The van der Waals surface area contributed by atoms with E-state index >= 15 is 0 Å². The Kier molecular flexibility index (Phi) is 5.38. The maximum absolute atomic E-state index is 9.78. The Bertz CT molecular complexity index is 145. The molecular formula is C9H22NO2P. The molecule has 0 aliphatic rings. The van der Waals surface area contributed by atoms with Crippen LogP contribution < -0.4 is 0 Å². The largest absolute Gasteiger partial charge is 0.338 e. The molecule has 4 heteroatoms. The molecule has 0 heterocycles. The van der Waals surface area contributed by atoms with E-state index in [1.165, 1.54) is 0 Å². The minimum atomic E-state index is -1.44. The summed E-state index contributed by atoms with van der Waals surface area (Å²) in [5.74, 6) is 0. The van der Waals surface area contributed by atoms with Gasteiger partial charge in [0.25, 0.3) is 8.53 Å². The van der Waals surface area contributed by atoms with Crippen molar-refractivity contribution in [2.75, 3.05) is 6.54 Å². The maximum atomic E-state index is 9.78. The molecule has 1 unspecified atom stereocenters. The van der Waals surface area contributed by atoms with Gasteiger partial charge in [-0.1, -0.05) is 6.92 Å². The van der Waals surface area contributed by atoms with Crippen LogP contribution in [0.25, 0.3) is 0 Å². The monoisotopic (exact) mass is 207 g/mol. The van der Waals surface area contributed by atoms with Gasteiger partial charge in [-0.3, -0.25) is 0 Å². The SMILES string of the molecule is CCN(C(C)C)P(O)OC(C)(C)C. The van der Waals surface area contributed by atoms with Gasteiger partial charge in [-0.25, -0.2) is 4.67 Å². The summed E-state index contributed by atoms with van der Waals surface area (Å²) in [6.07, 6.45) is 0. The Morgan fingerprint density at radius 2 is 1.85 bits per heavy atom. The van der Waals surface area contributed by atoms with Crippen molar-refractivity contribution in [1.82, 2.24) is 4.67 Å². The Balaban J connectivity index is 4.14. The smallest absolute Gasteiger partial charge is 0.256 e. The molecule has 0 aromatic heterocycles. The van der Waals surface area contributed by atoms with Gasteiger partial charge in [0.2, 0.25) is 0 Å². The lowest BCUT2D eigenvalue weighted by Gasteiger charge is -2.32. The van der Waals surface area contributed by atoms with Crippen molar-refractivity contribution in [2.24, 2.45) is 0 Å². The molecule has 0 bridgehead atoms. The maximum Gasteiger partial charge on any atom is 0.256 e. The van der Waals surface area contributed by atoms with Crippen LogP contribution in [-0.2, 0) is 4.52 Å². The fourth-order valence-corrected chi connectivity index (χ4v) is 2.21. The Morgan fingerprint density at radius 1 is 1.38 bits per heavy atom. The molecule has 0 aliphatic carbocycles. The van der Waals surface area contributed by atoms with Crippen LogP contribution in [0, 0.1) is 0 Å². The fraction of sp³-hybridized carbons (Fsp3) is 1.00. The first-order chi connectivity index (χ1) is 5.78. The van der Waals surface area contributed by atoms with Crippen LogP contribution in [0.5, 0.6) is 0 Å². The summed E-state index contributed by atoms with van der Waals surface area (Å²) in [5, 5.41) is 0. The van der Waals surface area contributed by atoms with Gasteiger partial charge in [0.15, 0.2) is 0 Å². The minimum absolute atomic E-state index is 0.275. The third kappa shape index (κ3) is 5.58. The molecule has 0 rings (SSSR count). The predicted molar refractivity (Wildman–Crippen MR) is 57.5 cm³/mol. The highest BCUT2D eigenvalue weighted by atomic mass is 31.2. The van der Waals surface area contributed by atoms with E-state index in [4.69, 9.17) is 4.52 Å². The Labute approximate surface area is 83.1 Å². The Hall–Kier alpha value is 0.310. The second kappa shape index (κ2) is 5.26. The van der Waals surface area contributed by atoms with E-state index in [2.05, 4.69) is 13.8 Å². The van der Waals surface area contributed by atoms with Crippen molar-refractivity contribution < 1.29 is 9.42 Å². The van der Waals surface area contributed by atoms with Gasteiger partial charge in [-0.2, -0.15) is 0 Å². The standard InChI is InChI=1S/C9H22NO2P/c1-7-10(8(2)3)13(11)12-9(4,5)6/h8,11H,7H2,1-6H3. The quantitative estimate of drug-likeness (QED) is 0.719. The molecule has 0 saturated carbocycles. The van der Waals surface area contributed by atoms with E-state index < -0.39 is 8.53 Å². The summed E-state index contributed by atoms with van der Waals surface area (Å²) >= 11 is 0. The van der Waals surface area contributed by atoms with Gasteiger partial charge in [0.1, 0.15) is 0 Å². The highest BCUT2D eigenvalue weighted by Gasteiger charge is 2.24. The van der Waals surface area contributed by atoms with Crippen LogP contribution in [0.15, 0.2) is 0 Å². The van der Waals surface area contributed by atoms with Gasteiger partial charge < -0.3 is 9.42 Å². The molecule has 3 nitrogen and oxygen atoms in total. The summed E-state index contributed by atoms with van der Waals surface area (Å²) < 4.78 is 7.46. The topological polar surface area (TPSA) is 32.7 Å². The van der Waals surface area contributed by atoms with Gasteiger partial charge in [0, 0.05) is 12.6 Å². The summed E-state index contributed by atoms with van der Waals surface area (Å²) in [7, 11) is -1.44. The highest BCUT2D eigenvalue weighted by Crippen LogP contribution is 2.42. The van der Waals surface area contributed by atoms with E-state index in [9.17, 15) is 4.89 Å². The number of rotatable bonds is 4. The van der Waals surface area contributed by atoms with Crippen molar-refractivity contribution in [3.8, 4) is 0 Å². The zero-order chi connectivity index (χ0) is 10.6. The van der Waals surface area contributed by atoms with Crippen molar-refractivity contribution in [3.05, 3.63) is 0 Å². The number of hydrogen-bond acceptors (Lipinski definition) is 3. The zero-order valence-electron chi connectivity index (χ0n) is 9.53. The number of nitrogens with zero attached hydrogens (tertiary/aromatic N) is 1. The van der Waals surface area contributed by atoms with E-state index in [1.807, 2.05) is 32.4 Å². The third-order valence-corrected chi connectivity index (χ3v) is 3.39. The van der Waals surface area contributed by atoms with Crippen molar-refractivity contribution in [1.29, 1.82) is 0 Å². The molecule has 80 valence electrons. The van der Waals surface area contributed by atoms with Crippen LogP contribution in [0.2, 0.25) is 0 Å². The van der Waals surface area contributed by atoms with Gasteiger partial charge in [-0.15, -0.1) is 0 Å². The first kappa shape index (κ1) is 13.3. The average Bonchev–Trinajstić information content (AvgIpc) is 1.82. The molecule has 13 heavy (non-hydrogen) atoms. The van der Waals surface area contributed by atoms with Crippen LogP contribution in [0.1, 0.15) is 41.5 Å². The lowest BCUT2D eigenvalue weighted by atomic mass is 10.2. The van der Waals surface area contributed by atoms with Gasteiger partial charge in [-0.05, 0) is 34.6 Å². The molecular weight excluding hydrogens is 185 g/mol. The molecule has 1 N–H and O–H groups in total. The molecule has 0 aliphatic heterocycles. The van der Waals surface area contributed by atoms with Crippen molar-refractivity contribution in [3.63, 3.8) is 0 Å². The molecule has 0 saturated heterocycles. The average molecular weight is 207 g/mol. The van der Waals surface area contributed by atoms with E-state index in [-0.39, 0.29) is 5.60 Å².